The summed E-state index contributed by atoms with van der Waals surface area (Å²) in [6.45, 7) is 7.51. The molecule has 6 nitrogen and oxygen atoms in total. The summed E-state index contributed by atoms with van der Waals surface area (Å²) in [5, 5.41) is 14.3. The fraction of sp³-hybridized carbons (Fsp3) is 0.500. The first-order chi connectivity index (χ1) is 9.21. The van der Waals surface area contributed by atoms with Gasteiger partial charge in [0.1, 0.15) is 6.04 Å². The maximum absolute atomic E-state index is 11.8. The maximum Gasteiger partial charge on any atom is 0.326 e. The zero-order valence-corrected chi connectivity index (χ0v) is 12.2. The number of urea groups is 1. The van der Waals surface area contributed by atoms with Crippen molar-refractivity contribution < 1.29 is 14.7 Å². The number of carbonyl (C=O) groups excluding carboxylic acids is 1. The highest BCUT2D eigenvalue weighted by Gasteiger charge is 2.32. The van der Waals surface area contributed by atoms with E-state index in [1.165, 1.54) is 0 Å². The lowest BCUT2D eigenvalue weighted by molar-refractivity contribution is -0.141. The molecule has 0 unspecified atom stereocenters. The number of nitrogens with zero attached hydrogens (tertiary/aromatic N) is 1. The van der Waals surface area contributed by atoms with E-state index in [1.54, 1.807) is 33.2 Å². The van der Waals surface area contributed by atoms with Crippen molar-refractivity contribution in [1.29, 1.82) is 0 Å². The minimum atomic E-state index is -1.05. The smallest absolute Gasteiger partial charge is 0.326 e. The average molecular weight is 279 g/mol. The lowest BCUT2D eigenvalue weighted by Gasteiger charge is -2.27. The highest BCUT2D eigenvalue weighted by molar-refractivity contribution is 5.83. The Hall–Kier alpha value is -2.11. The second-order valence-electron chi connectivity index (χ2n) is 5.77. The predicted octanol–water partition coefficient (Wildman–Crippen LogP) is 1.69. The number of nitrogens with one attached hydrogen (secondary N) is 2. The summed E-state index contributed by atoms with van der Waals surface area (Å²) in [5.74, 6) is -1.05. The molecule has 0 aliphatic rings. The number of aliphatic carboxylic acids is 1. The van der Waals surface area contributed by atoms with Gasteiger partial charge in [0, 0.05) is 18.9 Å². The molecule has 0 bridgehead atoms. The van der Waals surface area contributed by atoms with Crippen molar-refractivity contribution in [2.24, 2.45) is 5.41 Å². The van der Waals surface area contributed by atoms with Crippen LogP contribution in [0.3, 0.4) is 0 Å². The summed E-state index contributed by atoms with van der Waals surface area (Å²) in [6, 6.07) is 0.400. The minimum Gasteiger partial charge on any atom is -0.480 e. The largest absolute Gasteiger partial charge is 0.480 e. The average Bonchev–Trinajstić information content (AvgIpc) is 2.33. The molecule has 0 spiro atoms. The van der Waals surface area contributed by atoms with Gasteiger partial charge >= 0.3 is 12.0 Å². The van der Waals surface area contributed by atoms with Crippen molar-refractivity contribution in [1.82, 2.24) is 15.6 Å². The number of amides is 2. The van der Waals surface area contributed by atoms with Crippen LogP contribution in [0.25, 0.3) is 0 Å². The zero-order chi connectivity index (χ0) is 15.3. The third-order valence-corrected chi connectivity index (χ3v) is 2.98. The molecule has 0 aromatic carbocycles. The van der Waals surface area contributed by atoms with Gasteiger partial charge in [0.25, 0.3) is 0 Å². The number of hydrogen-bond donors (Lipinski definition) is 3. The van der Waals surface area contributed by atoms with Crippen LogP contribution in [0.15, 0.2) is 18.5 Å². The fourth-order valence-electron chi connectivity index (χ4n) is 1.69. The van der Waals surface area contributed by atoms with Crippen LogP contribution in [0.5, 0.6) is 0 Å². The van der Waals surface area contributed by atoms with Crippen molar-refractivity contribution in [3.63, 3.8) is 0 Å². The SMILES string of the molecule is Cc1ccncc1CNC(=O)N[C@@H](C(=O)O)C(C)(C)C. The first kappa shape index (κ1) is 15.9. The van der Waals surface area contributed by atoms with Crippen molar-refractivity contribution in [3.8, 4) is 0 Å². The summed E-state index contributed by atoms with van der Waals surface area (Å²) in [4.78, 5) is 26.9. The Morgan fingerprint density at radius 2 is 2.05 bits per heavy atom. The molecule has 6 heteroatoms. The molecule has 20 heavy (non-hydrogen) atoms. The van der Waals surface area contributed by atoms with Gasteiger partial charge < -0.3 is 15.7 Å². The van der Waals surface area contributed by atoms with Crippen LogP contribution in [0.2, 0.25) is 0 Å². The molecule has 1 rings (SSSR count). The zero-order valence-electron chi connectivity index (χ0n) is 12.2. The molecule has 3 N–H and O–H groups in total. The molecule has 0 aliphatic heterocycles. The number of carboxylic acids is 1. The number of carboxylic acid groups (broad SMARTS) is 1. The van der Waals surface area contributed by atoms with Gasteiger partial charge in [-0.2, -0.15) is 0 Å². The monoisotopic (exact) mass is 279 g/mol. The second kappa shape index (κ2) is 6.36. The molecule has 0 aliphatic carbocycles. The Morgan fingerprint density at radius 1 is 1.40 bits per heavy atom. The van der Waals surface area contributed by atoms with Crippen LogP contribution in [0.4, 0.5) is 4.79 Å². The predicted molar refractivity (Wildman–Crippen MR) is 75.2 cm³/mol. The third kappa shape index (κ3) is 4.53. The molecular formula is C14H21N3O3. The number of carbonyl (C=O) groups is 2. The van der Waals surface area contributed by atoms with Gasteiger partial charge in [0.2, 0.25) is 0 Å². The van der Waals surface area contributed by atoms with E-state index in [-0.39, 0.29) is 0 Å². The topological polar surface area (TPSA) is 91.3 Å². The van der Waals surface area contributed by atoms with E-state index in [2.05, 4.69) is 15.6 Å². The van der Waals surface area contributed by atoms with E-state index in [0.717, 1.165) is 11.1 Å². The Labute approximate surface area is 118 Å². The molecule has 2 amide bonds. The summed E-state index contributed by atoms with van der Waals surface area (Å²) in [7, 11) is 0. The highest BCUT2D eigenvalue weighted by Crippen LogP contribution is 2.19. The van der Waals surface area contributed by atoms with E-state index in [4.69, 9.17) is 5.11 Å². The van der Waals surface area contributed by atoms with Gasteiger partial charge in [-0.05, 0) is 29.5 Å². The molecule has 0 fully saturated rings. The number of aryl methyl sites for hydroxylation is 1. The number of hydrogen-bond acceptors (Lipinski definition) is 3. The van der Waals surface area contributed by atoms with Crippen molar-refractivity contribution in [2.45, 2.75) is 40.3 Å². The summed E-state index contributed by atoms with van der Waals surface area (Å²) in [6.07, 6.45) is 3.35. The van der Waals surface area contributed by atoms with Gasteiger partial charge in [0.15, 0.2) is 0 Å². The van der Waals surface area contributed by atoms with E-state index in [1.807, 2.05) is 13.0 Å². The van der Waals surface area contributed by atoms with Crippen molar-refractivity contribution in [3.05, 3.63) is 29.6 Å². The minimum absolute atomic E-state index is 0.308. The molecule has 1 atom stereocenters. The Balaban J connectivity index is 2.60. The number of pyridine rings is 1. The molecule has 0 saturated carbocycles. The molecule has 1 aromatic rings. The lowest BCUT2D eigenvalue weighted by atomic mass is 9.87. The standard InChI is InChI=1S/C14H21N3O3/c1-9-5-6-15-7-10(9)8-16-13(20)17-11(12(18)19)14(2,3)4/h5-7,11H,8H2,1-4H3,(H,18,19)(H2,16,17,20)/t11-/m0/s1. The van der Waals surface area contributed by atoms with E-state index in [9.17, 15) is 9.59 Å². The van der Waals surface area contributed by atoms with Crippen LogP contribution in [0.1, 0.15) is 31.9 Å². The maximum atomic E-state index is 11.8. The second-order valence-corrected chi connectivity index (χ2v) is 5.77. The van der Waals surface area contributed by atoms with Crippen LogP contribution < -0.4 is 10.6 Å². The van der Waals surface area contributed by atoms with Gasteiger partial charge in [-0.15, -0.1) is 0 Å². The van der Waals surface area contributed by atoms with Crippen molar-refractivity contribution in [2.75, 3.05) is 0 Å². The highest BCUT2D eigenvalue weighted by atomic mass is 16.4. The van der Waals surface area contributed by atoms with E-state index >= 15 is 0 Å². The molecule has 110 valence electrons. The lowest BCUT2D eigenvalue weighted by Crippen LogP contribution is -2.52. The van der Waals surface area contributed by atoms with Gasteiger partial charge in [-0.1, -0.05) is 20.8 Å². The third-order valence-electron chi connectivity index (χ3n) is 2.98. The van der Waals surface area contributed by atoms with Crippen LogP contribution in [-0.4, -0.2) is 28.1 Å². The molecular weight excluding hydrogens is 258 g/mol. The summed E-state index contributed by atoms with van der Waals surface area (Å²) >= 11 is 0. The van der Waals surface area contributed by atoms with E-state index < -0.39 is 23.5 Å². The number of rotatable bonds is 4. The molecule has 1 aromatic heterocycles. The normalized spacial score (nSPS) is 12.6. The van der Waals surface area contributed by atoms with Gasteiger partial charge in [-0.25, -0.2) is 9.59 Å². The van der Waals surface area contributed by atoms with Gasteiger partial charge in [0.05, 0.1) is 0 Å². The van der Waals surface area contributed by atoms with Gasteiger partial charge in [-0.3, -0.25) is 4.98 Å². The fourth-order valence-corrected chi connectivity index (χ4v) is 1.69. The molecule has 1 heterocycles. The van der Waals surface area contributed by atoms with Crippen molar-refractivity contribution >= 4 is 12.0 Å². The number of aromatic nitrogens is 1. The Bertz CT molecular complexity index is 495. The quantitative estimate of drug-likeness (QED) is 0.782. The van der Waals surface area contributed by atoms with Crippen LogP contribution in [-0.2, 0) is 11.3 Å². The van der Waals surface area contributed by atoms with E-state index in [0.29, 0.717) is 6.54 Å². The van der Waals surface area contributed by atoms with Crippen LogP contribution >= 0.6 is 0 Å². The molecule has 0 saturated heterocycles. The Kier molecular flexibility index (Phi) is 5.07. The Morgan fingerprint density at radius 3 is 2.55 bits per heavy atom. The van der Waals surface area contributed by atoms with Crippen LogP contribution in [0, 0.1) is 12.3 Å². The summed E-state index contributed by atoms with van der Waals surface area (Å²) < 4.78 is 0. The first-order valence-electron chi connectivity index (χ1n) is 6.38. The molecule has 0 radical (unpaired) electrons. The first-order valence-corrected chi connectivity index (χ1v) is 6.38. The summed E-state index contributed by atoms with van der Waals surface area (Å²) in [5.41, 5.74) is 1.35.